The van der Waals surface area contributed by atoms with Gasteiger partial charge in [0.05, 0.1) is 7.11 Å². The van der Waals surface area contributed by atoms with Crippen LogP contribution in [-0.2, 0) is 0 Å². The molecule has 9 heteroatoms. The summed E-state index contributed by atoms with van der Waals surface area (Å²) in [7, 11) is 1.60. The first-order valence-electron chi connectivity index (χ1n) is 10.1. The van der Waals surface area contributed by atoms with Crippen molar-refractivity contribution in [1.82, 2.24) is 19.9 Å². The Morgan fingerprint density at radius 3 is 2.58 bits per heavy atom. The Morgan fingerprint density at radius 1 is 1.00 bits per heavy atom. The Bertz CT molecular complexity index is 1040. The van der Waals surface area contributed by atoms with Crippen LogP contribution in [-0.4, -0.2) is 59.2 Å². The van der Waals surface area contributed by atoms with Crippen molar-refractivity contribution in [1.29, 1.82) is 0 Å². The van der Waals surface area contributed by atoms with Crippen molar-refractivity contribution in [2.24, 2.45) is 0 Å². The Kier molecular flexibility index (Phi) is 6.11. The number of methoxy groups -OCH3 is 1. The molecule has 0 unspecified atom stereocenters. The molecule has 0 radical (unpaired) electrons. The molecular weight excluding hydrogens is 394 g/mol. The van der Waals surface area contributed by atoms with Crippen molar-refractivity contribution in [3.63, 3.8) is 0 Å². The number of hydrogen-bond acceptors (Lipinski definition) is 7. The van der Waals surface area contributed by atoms with E-state index in [4.69, 9.17) is 4.74 Å². The molecule has 1 aromatic carbocycles. The summed E-state index contributed by atoms with van der Waals surface area (Å²) in [6, 6.07) is 14.8. The molecule has 2 N–H and O–H groups in total. The highest BCUT2D eigenvalue weighted by Gasteiger charge is 2.22. The van der Waals surface area contributed by atoms with Crippen LogP contribution in [0.5, 0.6) is 5.75 Å². The summed E-state index contributed by atoms with van der Waals surface area (Å²) >= 11 is 0. The molecule has 1 fully saturated rings. The maximum Gasteiger partial charge on any atom is 0.321 e. The van der Waals surface area contributed by atoms with Crippen LogP contribution in [0.15, 0.2) is 54.7 Å². The second kappa shape index (κ2) is 9.29. The van der Waals surface area contributed by atoms with Gasteiger partial charge in [0, 0.05) is 50.2 Å². The molecule has 4 rings (SSSR count). The van der Waals surface area contributed by atoms with E-state index in [0.29, 0.717) is 49.3 Å². The summed E-state index contributed by atoms with van der Waals surface area (Å²) in [5.74, 6) is 3.63. The third-order valence-electron chi connectivity index (χ3n) is 4.96. The van der Waals surface area contributed by atoms with Crippen LogP contribution < -0.4 is 20.3 Å². The van der Waals surface area contributed by atoms with Gasteiger partial charge in [-0.15, -0.1) is 0 Å². The molecule has 160 valence electrons. The fraction of sp³-hybridized carbons (Fsp3) is 0.273. The van der Waals surface area contributed by atoms with Crippen molar-refractivity contribution in [2.75, 3.05) is 48.8 Å². The summed E-state index contributed by atoms with van der Waals surface area (Å²) in [6.07, 6.45) is 1.73. The monoisotopic (exact) mass is 419 g/mol. The molecule has 0 spiro atoms. The molecule has 1 aliphatic heterocycles. The maximum absolute atomic E-state index is 12.6. The lowest BCUT2D eigenvalue weighted by molar-refractivity contribution is 0.208. The number of anilines is 4. The van der Waals surface area contributed by atoms with Crippen LogP contribution in [0, 0.1) is 6.92 Å². The van der Waals surface area contributed by atoms with Gasteiger partial charge < -0.3 is 25.2 Å². The number of aryl methyl sites for hydroxylation is 1. The minimum Gasteiger partial charge on any atom is -0.497 e. The SMILES string of the molecule is COc1cccc(NC(=O)N2CCN(c3cc(Nc4ccccn4)nc(C)n3)CC2)c1. The lowest BCUT2D eigenvalue weighted by Crippen LogP contribution is -2.50. The van der Waals surface area contributed by atoms with E-state index in [1.807, 2.05) is 49.4 Å². The summed E-state index contributed by atoms with van der Waals surface area (Å²) in [6.45, 7) is 4.44. The Balaban J connectivity index is 1.37. The molecule has 2 aromatic heterocycles. The molecule has 2 amide bonds. The number of piperazine rings is 1. The second-order valence-electron chi connectivity index (χ2n) is 7.13. The molecular formula is C22H25N7O2. The van der Waals surface area contributed by atoms with E-state index in [1.165, 1.54) is 0 Å². The topological polar surface area (TPSA) is 95.5 Å². The van der Waals surface area contributed by atoms with E-state index in [1.54, 1.807) is 24.3 Å². The fourth-order valence-corrected chi connectivity index (χ4v) is 3.39. The number of hydrogen-bond donors (Lipinski definition) is 2. The van der Waals surface area contributed by atoms with Crippen LogP contribution in [0.4, 0.5) is 27.9 Å². The zero-order chi connectivity index (χ0) is 21.6. The number of carbonyl (C=O) groups is 1. The lowest BCUT2D eigenvalue weighted by atomic mass is 10.3. The van der Waals surface area contributed by atoms with Gasteiger partial charge in [-0.2, -0.15) is 0 Å². The summed E-state index contributed by atoms with van der Waals surface area (Å²) in [5, 5.41) is 6.15. The first-order chi connectivity index (χ1) is 15.1. The van der Waals surface area contributed by atoms with Gasteiger partial charge in [-0.3, -0.25) is 0 Å². The number of nitrogens with one attached hydrogen (secondary N) is 2. The minimum absolute atomic E-state index is 0.121. The zero-order valence-corrected chi connectivity index (χ0v) is 17.6. The summed E-state index contributed by atoms with van der Waals surface area (Å²) in [5.41, 5.74) is 0.712. The molecule has 3 heterocycles. The Labute approximate surface area is 181 Å². The van der Waals surface area contributed by atoms with Crippen LogP contribution in [0.2, 0.25) is 0 Å². The number of amides is 2. The summed E-state index contributed by atoms with van der Waals surface area (Å²) < 4.78 is 5.21. The molecule has 0 atom stereocenters. The van der Waals surface area contributed by atoms with E-state index >= 15 is 0 Å². The number of nitrogens with zero attached hydrogens (tertiary/aromatic N) is 5. The molecule has 0 aliphatic carbocycles. The number of carbonyl (C=O) groups excluding carboxylic acids is 1. The molecule has 1 saturated heterocycles. The number of benzene rings is 1. The number of pyridine rings is 1. The molecule has 0 saturated carbocycles. The van der Waals surface area contributed by atoms with Crippen molar-refractivity contribution in [3.05, 3.63) is 60.6 Å². The molecule has 1 aliphatic rings. The molecule has 3 aromatic rings. The highest BCUT2D eigenvalue weighted by atomic mass is 16.5. The zero-order valence-electron chi connectivity index (χ0n) is 17.6. The van der Waals surface area contributed by atoms with Crippen molar-refractivity contribution in [3.8, 4) is 5.75 Å². The first kappa shape index (κ1) is 20.4. The van der Waals surface area contributed by atoms with Gasteiger partial charge >= 0.3 is 6.03 Å². The number of ether oxygens (including phenoxy) is 1. The van der Waals surface area contributed by atoms with Gasteiger partial charge in [0.2, 0.25) is 0 Å². The number of aromatic nitrogens is 3. The number of urea groups is 1. The van der Waals surface area contributed by atoms with Crippen LogP contribution in [0.1, 0.15) is 5.82 Å². The van der Waals surface area contributed by atoms with Crippen molar-refractivity contribution in [2.45, 2.75) is 6.92 Å². The van der Waals surface area contributed by atoms with Gasteiger partial charge in [-0.1, -0.05) is 12.1 Å². The largest absolute Gasteiger partial charge is 0.497 e. The van der Waals surface area contributed by atoms with Crippen LogP contribution in [0.25, 0.3) is 0 Å². The van der Waals surface area contributed by atoms with E-state index in [2.05, 4.69) is 30.5 Å². The predicted octanol–water partition coefficient (Wildman–Crippen LogP) is 3.29. The third-order valence-corrected chi connectivity index (χ3v) is 4.96. The fourth-order valence-electron chi connectivity index (χ4n) is 3.39. The summed E-state index contributed by atoms with van der Waals surface area (Å²) in [4.78, 5) is 29.9. The Hall–Kier alpha value is -3.88. The van der Waals surface area contributed by atoms with Gasteiger partial charge in [0.1, 0.15) is 29.0 Å². The standard InChI is InChI=1S/C22H25N7O2/c1-16-24-20(27-19-8-3-4-9-23-19)15-21(25-16)28-10-12-29(13-11-28)22(30)26-17-6-5-7-18(14-17)31-2/h3-9,14-15H,10-13H2,1-2H3,(H,26,30)(H,23,24,25,27). The molecule has 0 bridgehead atoms. The van der Waals surface area contributed by atoms with Gasteiger partial charge in [0.25, 0.3) is 0 Å². The van der Waals surface area contributed by atoms with Crippen LogP contribution >= 0.6 is 0 Å². The molecule has 9 nitrogen and oxygen atoms in total. The predicted molar refractivity (Wildman–Crippen MR) is 120 cm³/mol. The smallest absolute Gasteiger partial charge is 0.321 e. The normalized spacial score (nSPS) is 13.6. The quantitative estimate of drug-likeness (QED) is 0.655. The Morgan fingerprint density at radius 2 is 1.84 bits per heavy atom. The second-order valence-corrected chi connectivity index (χ2v) is 7.13. The van der Waals surface area contributed by atoms with E-state index < -0.39 is 0 Å². The van der Waals surface area contributed by atoms with Crippen LogP contribution in [0.3, 0.4) is 0 Å². The van der Waals surface area contributed by atoms with E-state index in [9.17, 15) is 4.79 Å². The first-order valence-corrected chi connectivity index (χ1v) is 10.1. The van der Waals surface area contributed by atoms with Crippen molar-refractivity contribution >= 4 is 29.2 Å². The number of rotatable bonds is 5. The minimum atomic E-state index is -0.121. The van der Waals surface area contributed by atoms with Gasteiger partial charge in [0.15, 0.2) is 0 Å². The molecule has 31 heavy (non-hydrogen) atoms. The maximum atomic E-state index is 12.6. The van der Waals surface area contributed by atoms with E-state index in [-0.39, 0.29) is 6.03 Å². The highest BCUT2D eigenvalue weighted by molar-refractivity contribution is 5.89. The average Bonchev–Trinajstić information content (AvgIpc) is 2.79. The average molecular weight is 419 g/mol. The lowest BCUT2D eigenvalue weighted by Gasteiger charge is -2.35. The van der Waals surface area contributed by atoms with E-state index in [0.717, 1.165) is 11.6 Å². The highest BCUT2D eigenvalue weighted by Crippen LogP contribution is 2.21. The van der Waals surface area contributed by atoms with Gasteiger partial charge in [-0.05, 0) is 31.2 Å². The van der Waals surface area contributed by atoms with Crippen molar-refractivity contribution < 1.29 is 9.53 Å². The third kappa shape index (κ3) is 5.19. The van der Waals surface area contributed by atoms with Gasteiger partial charge in [-0.25, -0.2) is 19.7 Å².